The summed E-state index contributed by atoms with van der Waals surface area (Å²) in [4.78, 5) is 11.9. The van der Waals surface area contributed by atoms with E-state index in [2.05, 4.69) is 19.2 Å². The number of piperidine rings is 1. The number of esters is 1. The number of ether oxygens (including phenoxy) is 1. The third-order valence-corrected chi connectivity index (χ3v) is 2.81. The third kappa shape index (κ3) is 3.82. The van der Waals surface area contributed by atoms with Gasteiger partial charge in [0, 0.05) is 12.6 Å². The average molecular weight is 213 g/mol. The van der Waals surface area contributed by atoms with Crippen LogP contribution >= 0.6 is 0 Å². The lowest BCUT2D eigenvalue weighted by atomic mass is 9.85. The standard InChI is InChI=1S/C12H23NO2/c1-8-6-9(2)13-7-10(8)11(14)15-12(3,4)5/h8-10,13H,6-7H2,1-5H3. The summed E-state index contributed by atoms with van der Waals surface area (Å²) < 4.78 is 5.40. The molecule has 0 bridgehead atoms. The highest BCUT2D eigenvalue weighted by Gasteiger charge is 2.33. The van der Waals surface area contributed by atoms with Gasteiger partial charge in [-0.1, -0.05) is 6.92 Å². The van der Waals surface area contributed by atoms with Gasteiger partial charge in [0.1, 0.15) is 5.60 Å². The van der Waals surface area contributed by atoms with Gasteiger partial charge in [0.15, 0.2) is 0 Å². The minimum Gasteiger partial charge on any atom is -0.460 e. The Labute approximate surface area is 92.6 Å². The molecule has 0 amide bonds. The van der Waals surface area contributed by atoms with Gasteiger partial charge in [-0.05, 0) is 40.0 Å². The molecular formula is C12H23NO2. The van der Waals surface area contributed by atoms with Gasteiger partial charge in [-0.3, -0.25) is 4.79 Å². The molecule has 88 valence electrons. The summed E-state index contributed by atoms with van der Waals surface area (Å²) in [5.41, 5.74) is -0.375. The Morgan fingerprint density at radius 3 is 2.40 bits per heavy atom. The van der Waals surface area contributed by atoms with Gasteiger partial charge in [0.2, 0.25) is 0 Å². The fraction of sp³-hybridized carbons (Fsp3) is 0.917. The van der Waals surface area contributed by atoms with Crippen molar-refractivity contribution in [3.05, 3.63) is 0 Å². The molecule has 3 unspecified atom stereocenters. The van der Waals surface area contributed by atoms with Crippen molar-refractivity contribution in [3.63, 3.8) is 0 Å². The van der Waals surface area contributed by atoms with Gasteiger partial charge in [-0.15, -0.1) is 0 Å². The molecule has 0 spiro atoms. The van der Waals surface area contributed by atoms with Gasteiger partial charge < -0.3 is 10.1 Å². The summed E-state index contributed by atoms with van der Waals surface area (Å²) in [5.74, 6) is 0.367. The van der Waals surface area contributed by atoms with Crippen LogP contribution in [0.25, 0.3) is 0 Å². The predicted octanol–water partition coefficient (Wildman–Crippen LogP) is 1.96. The van der Waals surface area contributed by atoms with Gasteiger partial charge >= 0.3 is 5.97 Å². The van der Waals surface area contributed by atoms with Crippen molar-refractivity contribution in [2.45, 2.75) is 52.7 Å². The molecule has 1 aliphatic rings. The van der Waals surface area contributed by atoms with E-state index in [1.54, 1.807) is 0 Å². The van der Waals surface area contributed by atoms with Gasteiger partial charge in [0.25, 0.3) is 0 Å². The number of carbonyl (C=O) groups excluding carboxylic acids is 1. The summed E-state index contributed by atoms with van der Waals surface area (Å²) in [6, 6.07) is 0.513. The van der Waals surface area contributed by atoms with Crippen molar-refractivity contribution in [2.24, 2.45) is 11.8 Å². The van der Waals surface area contributed by atoms with E-state index in [9.17, 15) is 4.79 Å². The van der Waals surface area contributed by atoms with E-state index >= 15 is 0 Å². The highest BCUT2D eigenvalue weighted by molar-refractivity contribution is 5.73. The normalized spacial score (nSPS) is 32.5. The van der Waals surface area contributed by atoms with E-state index in [4.69, 9.17) is 4.74 Å². The molecule has 3 atom stereocenters. The molecule has 0 aromatic heterocycles. The lowest BCUT2D eigenvalue weighted by molar-refractivity contribution is -0.162. The van der Waals surface area contributed by atoms with Crippen LogP contribution in [0.15, 0.2) is 0 Å². The Kier molecular flexibility index (Phi) is 3.77. The lowest BCUT2D eigenvalue weighted by Gasteiger charge is -2.33. The van der Waals surface area contributed by atoms with Crippen molar-refractivity contribution in [3.8, 4) is 0 Å². The second-order valence-corrected chi connectivity index (χ2v) is 5.66. The van der Waals surface area contributed by atoms with Crippen molar-refractivity contribution in [2.75, 3.05) is 6.54 Å². The Hall–Kier alpha value is -0.570. The maximum Gasteiger partial charge on any atom is 0.311 e. The van der Waals surface area contributed by atoms with Crippen molar-refractivity contribution >= 4 is 5.97 Å². The summed E-state index contributed by atoms with van der Waals surface area (Å²) in [5, 5.41) is 3.33. The summed E-state index contributed by atoms with van der Waals surface area (Å²) in [7, 11) is 0. The number of hydrogen-bond acceptors (Lipinski definition) is 3. The van der Waals surface area contributed by atoms with Crippen LogP contribution in [-0.2, 0) is 9.53 Å². The van der Waals surface area contributed by atoms with E-state index < -0.39 is 0 Å². The topological polar surface area (TPSA) is 38.3 Å². The quantitative estimate of drug-likeness (QED) is 0.677. The maximum atomic E-state index is 11.9. The Morgan fingerprint density at radius 2 is 1.93 bits per heavy atom. The molecule has 15 heavy (non-hydrogen) atoms. The highest BCUT2D eigenvalue weighted by atomic mass is 16.6. The van der Waals surface area contributed by atoms with E-state index in [0.717, 1.165) is 13.0 Å². The Morgan fingerprint density at radius 1 is 1.33 bits per heavy atom. The van der Waals surface area contributed by atoms with Crippen LogP contribution < -0.4 is 5.32 Å². The summed E-state index contributed by atoms with van der Waals surface area (Å²) in [6.45, 7) is 10.8. The van der Waals surface area contributed by atoms with Crippen LogP contribution in [0.4, 0.5) is 0 Å². The largest absolute Gasteiger partial charge is 0.460 e. The SMILES string of the molecule is CC1CC(C)C(C(=O)OC(C)(C)C)CN1. The molecule has 0 aromatic rings. The molecule has 0 saturated carbocycles. The first-order valence-electron chi connectivity index (χ1n) is 5.76. The molecule has 1 rings (SSSR count). The van der Waals surface area contributed by atoms with E-state index in [0.29, 0.717) is 12.0 Å². The van der Waals surface area contributed by atoms with Crippen LogP contribution in [-0.4, -0.2) is 24.2 Å². The van der Waals surface area contributed by atoms with Gasteiger partial charge in [-0.2, -0.15) is 0 Å². The van der Waals surface area contributed by atoms with Crippen LogP contribution in [0.1, 0.15) is 41.0 Å². The zero-order valence-electron chi connectivity index (χ0n) is 10.5. The molecule has 0 aliphatic carbocycles. The van der Waals surface area contributed by atoms with E-state index in [-0.39, 0.29) is 17.5 Å². The minimum absolute atomic E-state index is 0.0143. The maximum absolute atomic E-state index is 11.9. The lowest BCUT2D eigenvalue weighted by Crippen LogP contribution is -2.46. The monoisotopic (exact) mass is 213 g/mol. The van der Waals surface area contributed by atoms with Crippen molar-refractivity contribution in [1.82, 2.24) is 5.32 Å². The highest BCUT2D eigenvalue weighted by Crippen LogP contribution is 2.24. The molecule has 1 saturated heterocycles. The molecule has 1 N–H and O–H groups in total. The first-order valence-corrected chi connectivity index (χ1v) is 5.76. The molecule has 3 nitrogen and oxygen atoms in total. The molecule has 1 heterocycles. The van der Waals surface area contributed by atoms with Gasteiger partial charge in [-0.25, -0.2) is 0 Å². The molecule has 0 radical (unpaired) electrons. The first kappa shape index (κ1) is 12.5. The fourth-order valence-electron chi connectivity index (χ4n) is 2.03. The fourth-order valence-corrected chi connectivity index (χ4v) is 2.03. The summed E-state index contributed by atoms with van der Waals surface area (Å²) in [6.07, 6.45) is 1.05. The third-order valence-electron chi connectivity index (χ3n) is 2.81. The van der Waals surface area contributed by atoms with Crippen LogP contribution in [0.3, 0.4) is 0 Å². The zero-order valence-corrected chi connectivity index (χ0v) is 10.5. The molecule has 0 aromatic carbocycles. The van der Waals surface area contributed by atoms with Crippen molar-refractivity contribution < 1.29 is 9.53 Å². The van der Waals surface area contributed by atoms with E-state index in [1.165, 1.54) is 0 Å². The van der Waals surface area contributed by atoms with Crippen LogP contribution in [0.5, 0.6) is 0 Å². The second-order valence-electron chi connectivity index (χ2n) is 5.66. The second kappa shape index (κ2) is 4.52. The van der Waals surface area contributed by atoms with Gasteiger partial charge in [0.05, 0.1) is 5.92 Å². The number of hydrogen-bond donors (Lipinski definition) is 1. The number of carbonyl (C=O) groups is 1. The molecule has 1 aliphatic heterocycles. The van der Waals surface area contributed by atoms with E-state index in [1.807, 2.05) is 20.8 Å². The molecular weight excluding hydrogens is 190 g/mol. The predicted molar refractivity (Wildman–Crippen MR) is 60.6 cm³/mol. The Balaban J connectivity index is 2.53. The minimum atomic E-state index is -0.375. The smallest absolute Gasteiger partial charge is 0.311 e. The van der Waals surface area contributed by atoms with Crippen LogP contribution in [0, 0.1) is 11.8 Å². The number of rotatable bonds is 1. The zero-order chi connectivity index (χ0) is 11.6. The first-order chi connectivity index (χ1) is 6.79. The Bertz CT molecular complexity index is 232. The molecule has 1 fully saturated rings. The summed E-state index contributed by atoms with van der Waals surface area (Å²) >= 11 is 0. The van der Waals surface area contributed by atoms with Crippen LogP contribution in [0.2, 0.25) is 0 Å². The number of nitrogens with one attached hydrogen (secondary N) is 1. The average Bonchev–Trinajstić information content (AvgIpc) is 1.99. The molecule has 3 heteroatoms. The van der Waals surface area contributed by atoms with Crippen molar-refractivity contribution in [1.29, 1.82) is 0 Å².